The second kappa shape index (κ2) is 12.8. The second-order valence-corrected chi connectivity index (χ2v) is 6.50. The molecule has 0 spiro atoms. The van der Waals surface area contributed by atoms with Gasteiger partial charge in [-0.15, -0.1) is 0 Å². The van der Waals surface area contributed by atoms with Crippen molar-refractivity contribution in [2.45, 2.75) is 6.04 Å². The van der Waals surface area contributed by atoms with Gasteiger partial charge in [0.05, 0.1) is 19.4 Å². The highest BCUT2D eigenvalue weighted by Gasteiger charge is 2.22. The van der Waals surface area contributed by atoms with Gasteiger partial charge in [0.15, 0.2) is 12.4 Å². The van der Waals surface area contributed by atoms with Crippen molar-refractivity contribution in [1.29, 1.82) is 0 Å². The third-order valence-corrected chi connectivity index (χ3v) is 4.25. The van der Waals surface area contributed by atoms with Crippen LogP contribution in [0.5, 0.6) is 5.75 Å². The first-order chi connectivity index (χ1) is 15.5. The normalized spacial score (nSPS) is 11.7. The molecule has 1 amide bonds. The Bertz CT molecular complexity index is 928. The Balaban J connectivity index is 1.93. The molecular formula is C22H25N3O7. The van der Waals surface area contributed by atoms with E-state index < -0.39 is 30.3 Å². The molecule has 0 bridgehead atoms. The molecule has 4 N–H and O–H groups in total. The number of Topliss-reactive ketones (excluding diaryl/α,β-unsaturated/α-hetero) is 1. The average molecular weight is 443 g/mol. The summed E-state index contributed by atoms with van der Waals surface area (Å²) in [6.07, 6.45) is 1.43. The number of benzene rings is 2. The third kappa shape index (κ3) is 7.49. The number of ketones is 1. The number of hydrogen-bond donors (Lipinski definition) is 3. The van der Waals surface area contributed by atoms with Crippen LogP contribution < -0.4 is 15.9 Å². The zero-order chi connectivity index (χ0) is 23.3. The van der Waals surface area contributed by atoms with Crippen molar-refractivity contribution in [3.05, 3.63) is 65.2 Å². The summed E-state index contributed by atoms with van der Waals surface area (Å²) >= 11 is 0. The molecule has 0 heterocycles. The van der Waals surface area contributed by atoms with Crippen LogP contribution in [0, 0.1) is 0 Å². The molecule has 32 heavy (non-hydrogen) atoms. The number of rotatable bonds is 12. The third-order valence-electron chi connectivity index (χ3n) is 4.25. The molecule has 2 rings (SSSR count). The van der Waals surface area contributed by atoms with Crippen LogP contribution in [0.15, 0.2) is 53.6 Å². The fourth-order valence-corrected chi connectivity index (χ4v) is 2.58. The summed E-state index contributed by atoms with van der Waals surface area (Å²) in [7, 11) is 1.50. The van der Waals surface area contributed by atoms with Gasteiger partial charge in [0.25, 0.3) is 5.91 Å². The first-order valence-corrected chi connectivity index (χ1v) is 9.65. The smallest absolute Gasteiger partial charge is 0.344 e. The van der Waals surface area contributed by atoms with Crippen molar-refractivity contribution < 1.29 is 33.7 Å². The minimum absolute atomic E-state index is 0.131. The lowest BCUT2D eigenvalue weighted by molar-refractivity contribution is -0.147. The number of aliphatic hydroxyl groups excluding tert-OH is 1. The molecule has 2 aromatic carbocycles. The van der Waals surface area contributed by atoms with Gasteiger partial charge in [-0.1, -0.05) is 12.1 Å². The Kier molecular flexibility index (Phi) is 9.82. The second-order valence-electron chi connectivity index (χ2n) is 6.50. The number of carbonyl (C=O) groups excluding carboxylic acids is 3. The topological polar surface area (TPSA) is 150 Å². The zero-order valence-corrected chi connectivity index (χ0v) is 17.5. The summed E-state index contributed by atoms with van der Waals surface area (Å²) < 4.78 is 15.0. The van der Waals surface area contributed by atoms with Crippen LogP contribution in [0.2, 0.25) is 0 Å². The van der Waals surface area contributed by atoms with Crippen molar-refractivity contribution in [3.63, 3.8) is 0 Å². The Morgan fingerprint density at radius 1 is 1.06 bits per heavy atom. The SMILES string of the molecule is COCCOC(=O)COc1ccc(C(=O)[C@H](CO)NC(=O)c2ccc(C=NN)cc2)cc1. The molecule has 0 saturated heterocycles. The highest BCUT2D eigenvalue weighted by Crippen LogP contribution is 2.14. The predicted molar refractivity (Wildman–Crippen MR) is 116 cm³/mol. The first kappa shape index (κ1) is 24.5. The Morgan fingerprint density at radius 3 is 2.31 bits per heavy atom. The summed E-state index contributed by atoms with van der Waals surface area (Å²) in [6.45, 7) is -0.442. The van der Waals surface area contributed by atoms with Crippen molar-refractivity contribution in [3.8, 4) is 5.75 Å². The van der Waals surface area contributed by atoms with Gasteiger partial charge in [-0.3, -0.25) is 9.59 Å². The van der Waals surface area contributed by atoms with Crippen molar-refractivity contribution in [2.24, 2.45) is 10.9 Å². The summed E-state index contributed by atoms with van der Waals surface area (Å²) in [5, 5.41) is 15.5. The number of nitrogens with zero attached hydrogens (tertiary/aromatic N) is 1. The number of esters is 1. The fraction of sp³-hybridized carbons (Fsp3) is 0.273. The maximum atomic E-state index is 12.7. The van der Waals surface area contributed by atoms with Gasteiger partial charge in [-0.2, -0.15) is 5.10 Å². The molecule has 0 aliphatic carbocycles. The Hall–Kier alpha value is -3.76. The van der Waals surface area contributed by atoms with Crippen LogP contribution in [-0.2, 0) is 14.3 Å². The van der Waals surface area contributed by atoms with Crippen LogP contribution in [-0.4, -0.2) is 68.6 Å². The van der Waals surface area contributed by atoms with E-state index in [4.69, 9.17) is 20.1 Å². The van der Waals surface area contributed by atoms with Crippen LogP contribution in [0.3, 0.4) is 0 Å². The number of hydrogen-bond acceptors (Lipinski definition) is 9. The van der Waals surface area contributed by atoms with E-state index >= 15 is 0 Å². The first-order valence-electron chi connectivity index (χ1n) is 9.65. The van der Waals surface area contributed by atoms with E-state index in [1.54, 1.807) is 24.3 Å². The molecule has 0 aromatic heterocycles. The van der Waals surface area contributed by atoms with E-state index in [2.05, 4.69) is 10.4 Å². The number of methoxy groups -OCH3 is 1. The van der Waals surface area contributed by atoms with E-state index in [1.165, 1.54) is 37.6 Å². The molecule has 0 fully saturated rings. The number of carbonyl (C=O) groups is 3. The molecule has 0 saturated carbocycles. The molecular weight excluding hydrogens is 418 g/mol. The van der Waals surface area contributed by atoms with Crippen LogP contribution in [0.4, 0.5) is 0 Å². The molecule has 10 heteroatoms. The summed E-state index contributed by atoms with van der Waals surface area (Å²) in [5.74, 6) is 3.91. The zero-order valence-electron chi connectivity index (χ0n) is 17.5. The molecule has 0 aliphatic heterocycles. The molecule has 0 aliphatic rings. The lowest BCUT2D eigenvalue weighted by Crippen LogP contribution is -2.43. The summed E-state index contributed by atoms with van der Waals surface area (Å²) in [6, 6.07) is 11.2. The average Bonchev–Trinajstić information content (AvgIpc) is 2.82. The monoisotopic (exact) mass is 443 g/mol. The van der Waals surface area contributed by atoms with Gasteiger partial charge in [0.1, 0.15) is 18.4 Å². The van der Waals surface area contributed by atoms with Gasteiger partial charge in [0, 0.05) is 18.2 Å². The Labute approximate surface area is 185 Å². The molecule has 1 atom stereocenters. The van der Waals surface area contributed by atoms with Gasteiger partial charge < -0.3 is 30.5 Å². The van der Waals surface area contributed by atoms with Crippen molar-refractivity contribution in [2.75, 3.05) is 33.5 Å². The van der Waals surface area contributed by atoms with E-state index in [0.29, 0.717) is 23.5 Å². The fourth-order valence-electron chi connectivity index (χ4n) is 2.58. The lowest BCUT2D eigenvalue weighted by atomic mass is 10.0. The van der Waals surface area contributed by atoms with E-state index in [9.17, 15) is 19.5 Å². The maximum Gasteiger partial charge on any atom is 0.344 e. The highest BCUT2D eigenvalue weighted by atomic mass is 16.6. The standard InChI is InChI=1S/C22H25N3O7/c1-30-10-11-31-20(27)14-32-18-8-6-16(7-9-18)21(28)19(13-26)25-22(29)17-4-2-15(3-5-17)12-24-23/h2-9,12,19,26H,10-11,13-14,23H2,1H3,(H,25,29)/t19-/m0/s1. The predicted octanol–water partition coefficient (Wildman–Crippen LogP) is 0.521. The van der Waals surface area contributed by atoms with E-state index in [1.807, 2.05) is 0 Å². The molecule has 0 radical (unpaired) electrons. The van der Waals surface area contributed by atoms with Crippen LogP contribution in [0.1, 0.15) is 26.3 Å². The molecule has 2 aromatic rings. The number of nitrogens with two attached hydrogens (primary N) is 1. The Morgan fingerprint density at radius 2 is 1.72 bits per heavy atom. The van der Waals surface area contributed by atoms with E-state index in [0.717, 1.165) is 0 Å². The lowest BCUT2D eigenvalue weighted by Gasteiger charge is -2.16. The van der Waals surface area contributed by atoms with Crippen molar-refractivity contribution in [1.82, 2.24) is 5.32 Å². The molecule has 0 unspecified atom stereocenters. The van der Waals surface area contributed by atoms with Crippen LogP contribution >= 0.6 is 0 Å². The van der Waals surface area contributed by atoms with Crippen LogP contribution in [0.25, 0.3) is 0 Å². The van der Waals surface area contributed by atoms with Crippen molar-refractivity contribution >= 4 is 23.9 Å². The largest absolute Gasteiger partial charge is 0.482 e. The quantitative estimate of drug-likeness (QED) is 0.107. The van der Waals surface area contributed by atoms with Gasteiger partial charge in [-0.25, -0.2) is 4.79 Å². The van der Waals surface area contributed by atoms with Gasteiger partial charge >= 0.3 is 5.97 Å². The maximum absolute atomic E-state index is 12.7. The highest BCUT2D eigenvalue weighted by molar-refractivity contribution is 6.04. The number of ether oxygens (including phenoxy) is 3. The van der Waals surface area contributed by atoms with Gasteiger partial charge in [-0.05, 0) is 42.0 Å². The molecule has 170 valence electrons. The summed E-state index contributed by atoms with van der Waals surface area (Å²) in [5.41, 5.74) is 1.28. The number of amides is 1. The minimum atomic E-state index is -1.13. The molecule has 10 nitrogen and oxygen atoms in total. The summed E-state index contributed by atoms with van der Waals surface area (Å²) in [4.78, 5) is 36.6. The van der Waals surface area contributed by atoms with Gasteiger partial charge in [0.2, 0.25) is 0 Å². The number of hydrazone groups is 1. The number of nitrogens with one attached hydrogen (secondary N) is 1. The van der Waals surface area contributed by atoms with E-state index in [-0.39, 0.29) is 18.8 Å². The number of aliphatic hydroxyl groups is 1. The minimum Gasteiger partial charge on any atom is -0.482 e.